The zero-order valence-electron chi connectivity index (χ0n) is 16.1. The number of carboxylic acids is 1. The second-order valence-corrected chi connectivity index (χ2v) is 6.77. The lowest BCUT2D eigenvalue weighted by Gasteiger charge is -2.21. The van der Waals surface area contributed by atoms with Crippen molar-refractivity contribution in [3.8, 4) is 0 Å². The maximum Gasteiger partial charge on any atom is 0.341 e. The second kappa shape index (κ2) is 8.27. The van der Waals surface area contributed by atoms with Gasteiger partial charge in [-0.25, -0.2) is 4.79 Å². The molecule has 0 aliphatic heterocycles. The first-order valence-electron chi connectivity index (χ1n) is 9.25. The highest BCUT2D eigenvalue weighted by Gasteiger charge is 2.15. The molecule has 0 spiro atoms. The van der Waals surface area contributed by atoms with E-state index in [1.807, 2.05) is 31.3 Å². The van der Waals surface area contributed by atoms with Crippen molar-refractivity contribution in [3.63, 3.8) is 0 Å². The minimum atomic E-state index is -1.26. The lowest BCUT2D eigenvalue weighted by atomic mass is 10.00. The molecule has 2 aromatic carbocycles. The van der Waals surface area contributed by atoms with Gasteiger partial charge >= 0.3 is 5.97 Å². The molecule has 0 aliphatic carbocycles. The molecule has 0 amide bonds. The summed E-state index contributed by atoms with van der Waals surface area (Å²) in [7, 11) is 2.03. The van der Waals surface area contributed by atoms with Gasteiger partial charge in [0.15, 0.2) is 0 Å². The van der Waals surface area contributed by atoms with Crippen LogP contribution < -0.4 is 10.3 Å². The predicted octanol–water partition coefficient (Wildman–Crippen LogP) is 2.74. The first kappa shape index (κ1) is 19.6. The molecule has 2 N–H and O–H groups in total. The molecule has 3 aromatic rings. The summed E-state index contributed by atoms with van der Waals surface area (Å²) >= 11 is 0. The Bertz CT molecular complexity index is 1070. The average Bonchev–Trinajstić information content (AvgIpc) is 2.70. The van der Waals surface area contributed by atoms with Crippen LogP contribution in [0, 0.1) is 0 Å². The number of nitrogens with zero attached hydrogens (tertiary/aromatic N) is 2. The molecule has 0 atom stereocenters. The van der Waals surface area contributed by atoms with E-state index in [0.29, 0.717) is 17.3 Å². The Morgan fingerprint density at radius 3 is 2.61 bits per heavy atom. The SMILES string of the molecule is CCN(C)c1ccccc1Cc1ccc2c(c1)c(=O)c(C(=O)O)cn2CCO. The van der Waals surface area contributed by atoms with Gasteiger partial charge < -0.3 is 19.7 Å². The molecule has 1 aromatic heterocycles. The molecule has 6 heteroatoms. The quantitative estimate of drug-likeness (QED) is 0.659. The molecular weight excluding hydrogens is 356 g/mol. The molecular formula is C22H24N2O4. The smallest absolute Gasteiger partial charge is 0.341 e. The minimum absolute atomic E-state index is 0.143. The number of aliphatic hydroxyl groups excluding tert-OH is 1. The second-order valence-electron chi connectivity index (χ2n) is 6.77. The van der Waals surface area contributed by atoms with Crippen LogP contribution in [-0.4, -0.2) is 40.9 Å². The normalized spacial score (nSPS) is 11.0. The third-order valence-corrected chi connectivity index (χ3v) is 4.99. The fraction of sp³-hybridized carbons (Fsp3) is 0.273. The number of hydrogen-bond donors (Lipinski definition) is 2. The molecule has 0 saturated carbocycles. The van der Waals surface area contributed by atoms with Gasteiger partial charge in [-0.05, 0) is 42.7 Å². The van der Waals surface area contributed by atoms with Crippen molar-refractivity contribution in [2.45, 2.75) is 19.9 Å². The molecule has 0 bridgehead atoms. The fourth-order valence-electron chi connectivity index (χ4n) is 3.42. The Labute approximate surface area is 163 Å². The molecule has 0 aliphatic rings. The number of benzene rings is 2. The van der Waals surface area contributed by atoms with Crippen LogP contribution in [0.25, 0.3) is 10.9 Å². The van der Waals surface area contributed by atoms with Gasteiger partial charge in [-0.2, -0.15) is 0 Å². The largest absolute Gasteiger partial charge is 0.477 e. The highest BCUT2D eigenvalue weighted by Crippen LogP contribution is 2.24. The number of aliphatic hydroxyl groups is 1. The highest BCUT2D eigenvalue weighted by molar-refractivity contribution is 5.92. The first-order chi connectivity index (χ1) is 13.5. The zero-order chi connectivity index (χ0) is 20.3. The standard InChI is InChI=1S/C22H24N2O4/c1-3-23(2)19-7-5-4-6-16(19)12-15-8-9-20-17(13-15)21(26)18(22(27)28)14-24(20)10-11-25/h4-9,13-14,25H,3,10-12H2,1-2H3,(H,27,28). The summed E-state index contributed by atoms with van der Waals surface area (Å²) in [6.45, 7) is 3.04. The topological polar surface area (TPSA) is 82.8 Å². The number of anilines is 1. The maximum absolute atomic E-state index is 12.7. The number of rotatable bonds is 7. The summed E-state index contributed by atoms with van der Waals surface area (Å²) in [5.74, 6) is -1.26. The Hall–Kier alpha value is -3.12. The number of para-hydroxylation sites is 1. The molecule has 0 unspecified atom stereocenters. The minimum Gasteiger partial charge on any atom is -0.477 e. The Balaban J connectivity index is 2.11. The van der Waals surface area contributed by atoms with Crippen LogP contribution in [0.15, 0.2) is 53.5 Å². The van der Waals surface area contributed by atoms with Gasteiger partial charge in [0.2, 0.25) is 5.43 Å². The van der Waals surface area contributed by atoms with Gasteiger partial charge in [-0.3, -0.25) is 4.79 Å². The third-order valence-electron chi connectivity index (χ3n) is 4.99. The van der Waals surface area contributed by atoms with Crippen LogP contribution in [0.2, 0.25) is 0 Å². The van der Waals surface area contributed by atoms with Crippen molar-refractivity contribution in [2.75, 3.05) is 25.1 Å². The van der Waals surface area contributed by atoms with Crippen LogP contribution in [0.3, 0.4) is 0 Å². The summed E-state index contributed by atoms with van der Waals surface area (Å²) in [6.07, 6.45) is 1.93. The van der Waals surface area contributed by atoms with E-state index in [2.05, 4.69) is 24.0 Å². The van der Waals surface area contributed by atoms with Gasteiger partial charge in [0.25, 0.3) is 0 Å². The van der Waals surface area contributed by atoms with E-state index in [4.69, 9.17) is 0 Å². The van der Waals surface area contributed by atoms with Crippen molar-refractivity contribution < 1.29 is 15.0 Å². The van der Waals surface area contributed by atoms with E-state index in [-0.39, 0.29) is 18.7 Å². The van der Waals surface area contributed by atoms with E-state index in [0.717, 1.165) is 23.4 Å². The lowest BCUT2D eigenvalue weighted by Crippen LogP contribution is -2.20. The van der Waals surface area contributed by atoms with Gasteiger partial charge in [-0.15, -0.1) is 0 Å². The molecule has 28 heavy (non-hydrogen) atoms. The maximum atomic E-state index is 12.7. The van der Waals surface area contributed by atoms with Gasteiger partial charge in [0, 0.05) is 37.4 Å². The monoisotopic (exact) mass is 380 g/mol. The van der Waals surface area contributed by atoms with E-state index >= 15 is 0 Å². The number of aromatic carboxylic acids is 1. The third kappa shape index (κ3) is 3.77. The van der Waals surface area contributed by atoms with Gasteiger partial charge in [0.1, 0.15) is 5.56 Å². The lowest BCUT2D eigenvalue weighted by molar-refractivity contribution is 0.0694. The molecule has 0 radical (unpaired) electrons. The summed E-state index contributed by atoms with van der Waals surface area (Å²) in [6, 6.07) is 13.6. The number of hydrogen-bond acceptors (Lipinski definition) is 4. The van der Waals surface area contributed by atoms with Crippen LogP contribution in [0.4, 0.5) is 5.69 Å². The van der Waals surface area contributed by atoms with E-state index in [1.165, 1.54) is 6.20 Å². The molecule has 6 nitrogen and oxygen atoms in total. The average molecular weight is 380 g/mol. The summed E-state index contributed by atoms with van der Waals surface area (Å²) in [5, 5.41) is 19.0. The number of carbonyl (C=O) groups is 1. The number of pyridine rings is 1. The van der Waals surface area contributed by atoms with Crippen LogP contribution in [-0.2, 0) is 13.0 Å². The van der Waals surface area contributed by atoms with Crippen LogP contribution in [0.5, 0.6) is 0 Å². The van der Waals surface area contributed by atoms with Crippen LogP contribution >= 0.6 is 0 Å². The van der Waals surface area contributed by atoms with Crippen molar-refractivity contribution in [1.29, 1.82) is 0 Å². The Morgan fingerprint density at radius 1 is 1.18 bits per heavy atom. The first-order valence-corrected chi connectivity index (χ1v) is 9.25. The van der Waals surface area contributed by atoms with Crippen molar-refractivity contribution in [2.24, 2.45) is 0 Å². The number of aromatic nitrogens is 1. The van der Waals surface area contributed by atoms with Crippen LogP contribution in [0.1, 0.15) is 28.4 Å². The van der Waals surface area contributed by atoms with E-state index in [1.54, 1.807) is 10.6 Å². The van der Waals surface area contributed by atoms with Gasteiger partial charge in [-0.1, -0.05) is 24.3 Å². The van der Waals surface area contributed by atoms with Gasteiger partial charge in [0.05, 0.1) is 12.1 Å². The van der Waals surface area contributed by atoms with Crippen molar-refractivity contribution in [1.82, 2.24) is 4.57 Å². The van der Waals surface area contributed by atoms with E-state index in [9.17, 15) is 19.8 Å². The van der Waals surface area contributed by atoms with Crippen molar-refractivity contribution >= 4 is 22.6 Å². The molecule has 0 fully saturated rings. The molecule has 1 heterocycles. The molecule has 146 valence electrons. The number of carboxylic acid groups (broad SMARTS) is 1. The number of fused-ring (bicyclic) bond motifs is 1. The summed E-state index contributed by atoms with van der Waals surface area (Å²) in [4.78, 5) is 26.3. The summed E-state index contributed by atoms with van der Waals surface area (Å²) < 4.78 is 1.61. The Morgan fingerprint density at radius 2 is 1.93 bits per heavy atom. The summed E-state index contributed by atoms with van der Waals surface area (Å²) in [5.41, 5.74) is 3.02. The molecule has 3 rings (SSSR count). The molecule has 0 saturated heterocycles. The fourth-order valence-corrected chi connectivity index (χ4v) is 3.42. The van der Waals surface area contributed by atoms with E-state index < -0.39 is 11.4 Å². The van der Waals surface area contributed by atoms with Crippen molar-refractivity contribution in [3.05, 3.63) is 75.6 Å². The zero-order valence-corrected chi connectivity index (χ0v) is 16.1. The highest BCUT2D eigenvalue weighted by atomic mass is 16.4. The Kier molecular flexibility index (Phi) is 5.80. The predicted molar refractivity (Wildman–Crippen MR) is 110 cm³/mol.